The van der Waals surface area contributed by atoms with Crippen LogP contribution < -0.4 is 5.32 Å². The summed E-state index contributed by atoms with van der Waals surface area (Å²) in [7, 11) is 0. The number of nitrogens with one attached hydrogen (secondary N) is 1. The van der Waals surface area contributed by atoms with Gasteiger partial charge in [0.1, 0.15) is 5.82 Å². The molecular weight excluding hydrogens is 238 g/mol. The van der Waals surface area contributed by atoms with Crippen molar-refractivity contribution >= 4 is 5.82 Å². The van der Waals surface area contributed by atoms with Crippen LogP contribution in [0.1, 0.15) is 31.9 Å². The largest absolute Gasteiger partial charge is 0.396 e. The number of likely N-dealkylation sites (tertiary alicyclic amines) is 1. The van der Waals surface area contributed by atoms with Gasteiger partial charge in [-0.3, -0.25) is 4.90 Å². The maximum Gasteiger partial charge on any atom is 0.126 e. The molecule has 1 unspecified atom stereocenters. The molecule has 0 radical (unpaired) electrons. The van der Waals surface area contributed by atoms with E-state index >= 15 is 0 Å². The molecule has 4 nitrogen and oxygen atoms in total. The molecule has 19 heavy (non-hydrogen) atoms. The Labute approximate surface area is 115 Å². The number of hydrogen-bond acceptors (Lipinski definition) is 4. The van der Waals surface area contributed by atoms with Gasteiger partial charge in [0.2, 0.25) is 0 Å². The van der Waals surface area contributed by atoms with Crippen LogP contribution in [0.15, 0.2) is 18.2 Å². The van der Waals surface area contributed by atoms with Crippen LogP contribution in [0.5, 0.6) is 0 Å². The summed E-state index contributed by atoms with van der Waals surface area (Å²) in [5, 5.41) is 12.3. The number of hydrogen-bond donors (Lipinski definition) is 2. The first kappa shape index (κ1) is 14.3. The van der Waals surface area contributed by atoms with E-state index in [1.807, 2.05) is 6.07 Å². The fraction of sp³-hybridized carbons (Fsp3) is 0.667. The minimum atomic E-state index is 0.312. The lowest BCUT2D eigenvalue weighted by Gasteiger charge is -2.32. The number of aromatic nitrogens is 1. The van der Waals surface area contributed by atoms with Crippen molar-refractivity contribution in [1.82, 2.24) is 9.88 Å². The molecule has 0 amide bonds. The van der Waals surface area contributed by atoms with Crippen molar-refractivity contribution in [2.75, 3.05) is 31.6 Å². The van der Waals surface area contributed by atoms with Gasteiger partial charge in [0.15, 0.2) is 0 Å². The lowest BCUT2D eigenvalue weighted by molar-refractivity contribution is 0.141. The molecule has 0 aromatic carbocycles. The minimum Gasteiger partial charge on any atom is -0.396 e. The zero-order valence-corrected chi connectivity index (χ0v) is 11.8. The van der Waals surface area contributed by atoms with Crippen molar-refractivity contribution in [2.45, 2.75) is 32.7 Å². The van der Waals surface area contributed by atoms with Crippen LogP contribution in [0.2, 0.25) is 0 Å². The third-order valence-electron chi connectivity index (χ3n) is 3.69. The van der Waals surface area contributed by atoms with Gasteiger partial charge in [-0.15, -0.1) is 0 Å². The first-order chi connectivity index (χ1) is 9.31. The predicted molar refractivity (Wildman–Crippen MR) is 78.1 cm³/mol. The van der Waals surface area contributed by atoms with Gasteiger partial charge in [-0.2, -0.15) is 0 Å². The summed E-state index contributed by atoms with van der Waals surface area (Å²) in [5.74, 6) is 1.61. The van der Waals surface area contributed by atoms with E-state index in [0.717, 1.165) is 44.1 Å². The standard InChI is InChI=1S/C15H25N3O/c1-2-16-15-7-3-6-14(17-15)12-18-9-4-5-13(11-18)8-10-19/h3,6-7,13,19H,2,4-5,8-12H2,1H3,(H,16,17). The van der Waals surface area contributed by atoms with E-state index in [1.165, 1.54) is 12.8 Å². The monoisotopic (exact) mass is 263 g/mol. The third kappa shape index (κ3) is 4.48. The molecule has 2 heterocycles. The van der Waals surface area contributed by atoms with E-state index < -0.39 is 0 Å². The Hall–Kier alpha value is -1.13. The first-order valence-electron chi connectivity index (χ1n) is 7.35. The highest BCUT2D eigenvalue weighted by Gasteiger charge is 2.19. The Kier molecular flexibility index (Phi) is 5.61. The van der Waals surface area contributed by atoms with Crippen LogP contribution in [0.25, 0.3) is 0 Å². The van der Waals surface area contributed by atoms with Gasteiger partial charge in [0, 0.05) is 26.2 Å². The number of piperidine rings is 1. The fourth-order valence-corrected chi connectivity index (χ4v) is 2.79. The first-order valence-corrected chi connectivity index (χ1v) is 7.35. The minimum absolute atomic E-state index is 0.312. The number of rotatable bonds is 6. The Bertz CT molecular complexity index is 381. The summed E-state index contributed by atoms with van der Waals surface area (Å²) in [6, 6.07) is 6.17. The smallest absolute Gasteiger partial charge is 0.126 e. The van der Waals surface area contributed by atoms with Crippen LogP contribution in [-0.4, -0.2) is 41.2 Å². The fourth-order valence-electron chi connectivity index (χ4n) is 2.79. The van der Waals surface area contributed by atoms with Crippen molar-refractivity contribution in [3.8, 4) is 0 Å². The summed E-state index contributed by atoms with van der Waals surface area (Å²) in [6.07, 6.45) is 3.42. The normalized spacial score (nSPS) is 20.4. The van der Waals surface area contributed by atoms with Crippen molar-refractivity contribution in [3.63, 3.8) is 0 Å². The molecule has 1 aromatic rings. The van der Waals surface area contributed by atoms with E-state index in [2.05, 4.69) is 34.3 Å². The molecular formula is C15H25N3O. The van der Waals surface area contributed by atoms with E-state index in [-0.39, 0.29) is 0 Å². The van der Waals surface area contributed by atoms with E-state index in [4.69, 9.17) is 5.11 Å². The van der Waals surface area contributed by atoms with Crippen molar-refractivity contribution in [1.29, 1.82) is 0 Å². The van der Waals surface area contributed by atoms with Crippen LogP contribution in [0, 0.1) is 5.92 Å². The quantitative estimate of drug-likeness (QED) is 0.825. The van der Waals surface area contributed by atoms with Gasteiger partial charge in [-0.1, -0.05) is 6.07 Å². The average Bonchev–Trinajstić information content (AvgIpc) is 2.40. The van der Waals surface area contributed by atoms with Crippen molar-refractivity contribution in [3.05, 3.63) is 23.9 Å². The molecule has 0 saturated carbocycles. The average molecular weight is 263 g/mol. The molecule has 2 rings (SSSR count). The number of nitrogens with zero attached hydrogens (tertiary/aromatic N) is 2. The third-order valence-corrected chi connectivity index (χ3v) is 3.69. The van der Waals surface area contributed by atoms with Crippen molar-refractivity contribution < 1.29 is 5.11 Å². The van der Waals surface area contributed by atoms with Gasteiger partial charge >= 0.3 is 0 Å². The Morgan fingerprint density at radius 3 is 3.16 bits per heavy atom. The summed E-state index contributed by atoms with van der Waals surface area (Å²) in [6.45, 7) is 6.45. The second-order valence-corrected chi connectivity index (χ2v) is 5.30. The Morgan fingerprint density at radius 2 is 2.37 bits per heavy atom. The molecule has 106 valence electrons. The molecule has 1 atom stereocenters. The molecule has 1 aromatic heterocycles. The highest BCUT2D eigenvalue weighted by Crippen LogP contribution is 2.20. The Balaban J connectivity index is 1.90. The van der Waals surface area contributed by atoms with Crippen LogP contribution >= 0.6 is 0 Å². The van der Waals surface area contributed by atoms with Gasteiger partial charge < -0.3 is 10.4 Å². The highest BCUT2D eigenvalue weighted by atomic mass is 16.3. The summed E-state index contributed by atoms with van der Waals surface area (Å²) >= 11 is 0. The molecule has 0 spiro atoms. The summed E-state index contributed by atoms with van der Waals surface area (Å²) < 4.78 is 0. The molecule has 0 bridgehead atoms. The molecule has 0 aliphatic carbocycles. The molecule has 1 aliphatic heterocycles. The zero-order chi connectivity index (χ0) is 13.5. The predicted octanol–water partition coefficient (Wildman–Crippen LogP) is 2.11. The maximum absolute atomic E-state index is 9.05. The second-order valence-electron chi connectivity index (χ2n) is 5.30. The van der Waals surface area contributed by atoms with Crippen LogP contribution in [-0.2, 0) is 6.54 Å². The highest BCUT2D eigenvalue weighted by molar-refractivity contribution is 5.34. The second kappa shape index (κ2) is 7.46. The molecule has 2 N–H and O–H groups in total. The number of anilines is 1. The Morgan fingerprint density at radius 1 is 1.47 bits per heavy atom. The zero-order valence-electron chi connectivity index (χ0n) is 11.8. The number of pyridine rings is 1. The number of aliphatic hydroxyl groups is 1. The van der Waals surface area contributed by atoms with E-state index in [9.17, 15) is 0 Å². The number of aliphatic hydroxyl groups excluding tert-OH is 1. The van der Waals surface area contributed by atoms with Gasteiger partial charge in [0.05, 0.1) is 5.69 Å². The van der Waals surface area contributed by atoms with Crippen LogP contribution in [0.4, 0.5) is 5.82 Å². The maximum atomic E-state index is 9.05. The SMILES string of the molecule is CCNc1cccc(CN2CCCC(CCO)C2)n1. The van der Waals surface area contributed by atoms with Gasteiger partial charge in [-0.05, 0) is 50.8 Å². The van der Waals surface area contributed by atoms with E-state index in [0.29, 0.717) is 12.5 Å². The lowest BCUT2D eigenvalue weighted by atomic mass is 9.95. The molecule has 4 heteroatoms. The van der Waals surface area contributed by atoms with Crippen LogP contribution in [0.3, 0.4) is 0 Å². The summed E-state index contributed by atoms with van der Waals surface area (Å²) in [5.41, 5.74) is 1.13. The molecule has 1 aliphatic rings. The molecule has 1 saturated heterocycles. The van der Waals surface area contributed by atoms with Gasteiger partial charge in [-0.25, -0.2) is 4.98 Å². The van der Waals surface area contributed by atoms with Gasteiger partial charge in [0.25, 0.3) is 0 Å². The lowest BCUT2D eigenvalue weighted by Crippen LogP contribution is -2.35. The summed E-state index contributed by atoms with van der Waals surface area (Å²) in [4.78, 5) is 7.09. The topological polar surface area (TPSA) is 48.4 Å². The van der Waals surface area contributed by atoms with E-state index in [1.54, 1.807) is 0 Å². The molecule has 1 fully saturated rings. The van der Waals surface area contributed by atoms with Crippen molar-refractivity contribution in [2.24, 2.45) is 5.92 Å².